The Kier molecular flexibility index (Phi) is 4.87. The highest BCUT2D eigenvalue weighted by atomic mass is 16.5. The number of benzene rings is 2. The molecule has 2 aromatic heterocycles. The number of ether oxygens (including phenoxy) is 1. The fourth-order valence-corrected chi connectivity index (χ4v) is 3.20. The van der Waals surface area contributed by atoms with Crippen molar-refractivity contribution in [3.8, 4) is 5.75 Å². The number of nitrogens with one attached hydrogen (secondary N) is 1. The Morgan fingerprint density at radius 2 is 1.97 bits per heavy atom. The maximum atomic E-state index is 13.1. The third kappa shape index (κ3) is 3.62. The summed E-state index contributed by atoms with van der Waals surface area (Å²) in [5.41, 5.74) is 1.51. The van der Waals surface area contributed by atoms with Gasteiger partial charge in [0.15, 0.2) is 0 Å². The molecule has 146 valence electrons. The molecule has 0 unspecified atom stereocenters. The van der Waals surface area contributed by atoms with E-state index in [1.54, 1.807) is 38.3 Å². The van der Waals surface area contributed by atoms with Crippen molar-refractivity contribution in [3.05, 3.63) is 88.2 Å². The second-order valence-corrected chi connectivity index (χ2v) is 6.56. The van der Waals surface area contributed by atoms with Gasteiger partial charge in [-0.2, -0.15) is 0 Å². The maximum absolute atomic E-state index is 13.1. The minimum atomic E-state index is -0.439. The van der Waals surface area contributed by atoms with Crippen molar-refractivity contribution < 1.29 is 13.9 Å². The van der Waals surface area contributed by atoms with E-state index in [9.17, 15) is 9.59 Å². The Bertz CT molecular complexity index is 1240. The lowest BCUT2D eigenvalue weighted by atomic mass is 10.1. The van der Waals surface area contributed by atoms with E-state index in [4.69, 9.17) is 9.15 Å². The molecule has 0 aliphatic heterocycles. The van der Waals surface area contributed by atoms with Gasteiger partial charge in [-0.05, 0) is 24.6 Å². The summed E-state index contributed by atoms with van der Waals surface area (Å²) < 4.78 is 12.2. The Balaban J connectivity index is 1.73. The number of carbonyl (C=O) groups is 1. The average molecular weight is 389 g/mol. The number of rotatable bonds is 5. The van der Waals surface area contributed by atoms with Crippen molar-refractivity contribution in [1.82, 2.24) is 9.55 Å². The van der Waals surface area contributed by atoms with Crippen LogP contribution in [-0.4, -0.2) is 22.6 Å². The summed E-state index contributed by atoms with van der Waals surface area (Å²) in [5, 5.41) is 2.96. The molecule has 0 saturated heterocycles. The smallest absolute Gasteiger partial charge is 0.265 e. The largest absolute Gasteiger partial charge is 0.497 e. The fourth-order valence-electron chi connectivity index (χ4n) is 3.20. The number of aromatic nitrogens is 2. The minimum Gasteiger partial charge on any atom is -0.497 e. The molecule has 0 aliphatic rings. The van der Waals surface area contributed by atoms with Gasteiger partial charge in [0.2, 0.25) is 5.71 Å². The lowest BCUT2D eigenvalue weighted by molar-refractivity contribution is 0.102. The van der Waals surface area contributed by atoms with Crippen molar-refractivity contribution in [1.29, 1.82) is 0 Å². The van der Waals surface area contributed by atoms with Gasteiger partial charge in [0.25, 0.3) is 11.5 Å². The first-order valence-corrected chi connectivity index (χ1v) is 9.04. The van der Waals surface area contributed by atoms with Gasteiger partial charge in [-0.15, -0.1) is 0 Å². The molecule has 0 bridgehead atoms. The lowest BCUT2D eigenvalue weighted by Crippen LogP contribution is -2.23. The summed E-state index contributed by atoms with van der Waals surface area (Å²) in [7, 11) is 1.55. The van der Waals surface area contributed by atoms with Gasteiger partial charge in [0, 0.05) is 11.8 Å². The van der Waals surface area contributed by atoms with Crippen LogP contribution < -0.4 is 15.6 Å². The SMILES string of the molecule is COc1cccc(NC(=O)c2c(C)oc3ncn(Cc4ccccc4)c(=O)c23)c1. The summed E-state index contributed by atoms with van der Waals surface area (Å²) in [6, 6.07) is 16.5. The molecule has 0 atom stereocenters. The normalized spacial score (nSPS) is 10.8. The van der Waals surface area contributed by atoms with Crippen LogP contribution in [0.1, 0.15) is 21.7 Å². The van der Waals surface area contributed by atoms with E-state index in [-0.39, 0.29) is 22.2 Å². The van der Waals surface area contributed by atoms with E-state index in [0.29, 0.717) is 23.7 Å². The number of fused-ring (bicyclic) bond motifs is 1. The molecule has 0 spiro atoms. The number of furan rings is 1. The van der Waals surface area contributed by atoms with Gasteiger partial charge >= 0.3 is 0 Å². The van der Waals surface area contributed by atoms with Crippen LogP contribution in [-0.2, 0) is 6.54 Å². The van der Waals surface area contributed by atoms with E-state index >= 15 is 0 Å². The van der Waals surface area contributed by atoms with Crippen LogP contribution in [0, 0.1) is 6.92 Å². The number of aryl methyl sites for hydroxylation is 1. The average Bonchev–Trinajstić information content (AvgIpc) is 3.08. The van der Waals surface area contributed by atoms with Gasteiger partial charge in [0.05, 0.1) is 19.2 Å². The molecule has 0 fully saturated rings. The van der Waals surface area contributed by atoms with Crippen molar-refractivity contribution >= 4 is 22.7 Å². The number of hydrogen-bond acceptors (Lipinski definition) is 5. The molecular formula is C22H19N3O4. The summed E-state index contributed by atoms with van der Waals surface area (Å²) >= 11 is 0. The first-order chi connectivity index (χ1) is 14.1. The van der Waals surface area contributed by atoms with E-state index in [1.165, 1.54) is 10.9 Å². The number of anilines is 1. The molecule has 7 nitrogen and oxygen atoms in total. The highest BCUT2D eigenvalue weighted by Gasteiger charge is 2.23. The molecule has 1 N–H and O–H groups in total. The van der Waals surface area contributed by atoms with Crippen molar-refractivity contribution in [2.24, 2.45) is 0 Å². The van der Waals surface area contributed by atoms with Crippen LogP contribution in [0.3, 0.4) is 0 Å². The highest BCUT2D eigenvalue weighted by molar-refractivity contribution is 6.12. The van der Waals surface area contributed by atoms with Crippen LogP contribution in [0.4, 0.5) is 5.69 Å². The fraction of sp³-hybridized carbons (Fsp3) is 0.136. The molecule has 2 aromatic carbocycles. The summed E-state index contributed by atoms with van der Waals surface area (Å²) in [4.78, 5) is 30.3. The van der Waals surface area contributed by atoms with Gasteiger partial charge in [0.1, 0.15) is 23.2 Å². The first-order valence-electron chi connectivity index (χ1n) is 9.04. The summed E-state index contributed by atoms with van der Waals surface area (Å²) in [6.45, 7) is 1.99. The molecule has 0 radical (unpaired) electrons. The van der Waals surface area contributed by atoms with Gasteiger partial charge in [-0.1, -0.05) is 36.4 Å². The van der Waals surface area contributed by atoms with Crippen LogP contribution in [0.2, 0.25) is 0 Å². The monoisotopic (exact) mass is 389 g/mol. The lowest BCUT2D eigenvalue weighted by Gasteiger charge is -2.07. The Labute approximate surface area is 166 Å². The molecule has 29 heavy (non-hydrogen) atoms. The van der Waals surface area contributed by atoms with Crippen LogP contribution in [0.25, 0.3) is 11.1 Å². The van der Waals surface area contributed by atoms with Crippen LogP contribution >= 0.6 is 0 Å². The van der Waals surface area contributed by atoms with Crippen LogP contribution in [0.5, 0.6) is 5.75 Å². The predicted molar refractivity (Wildman–Crippen MR) is 109 cm³/mol. The van der Waals surface area contributed by atoms with Crippen molar-refractivity contribution in [3.63, 3.8) is 0 Å². The number of amides is 1. The molecule has 1 amide bonds. The highest BCUT2D eigenvalue weighted by Crippen LogP contribution is 2.23. The molecule has 2 heterocycles. The van der Waals surface area contributed by atoms with E-state index in [2.05, 4.69) is 10.3 Å². The zero-order valence-corrected chi connectivity index (χ0v) is 16.0. The Hall–Kier alpha value is -3.87. The number of carbonyl (C=O) groups excluding carboxylic acids is 1. The topological polar surface area (TPSA) is 86.4 Å². The maximum Gasteiger partial charge on any atom is 0.265 e. The molecule has 0 saturated carbocycles. The molecule has 4 rings (SSSR count). The number of nitrogens with zero attached hydrogens (tertiary/aromatic N) is 2. The molecular weight excluding hydrogens is 370 g/mol. The molecule has 7 heteroatoms. The first kappa shape index (κ1) is 18.5. The quantitative estimate of drug-likeness (QED) is 0.564. The second-order valence-electron chi connectivity index (χ2n) is 6.56. The zero-order valence-electron chi connectivity index (χ0n) is 16.0. The van der Waals surface area contributed by atoms with Gasteiger partial charge < -0.3 is 14.5 Å². The van der Waals surface area contributed by atoms with E-state index in [0.717, 1.165) is 5.56 Å². The van der Waals surface area contributed by atoms with E-state index < -0.39 is 5.91 Å². The number of methoxy groups -OCH3 is 1. The summed E-state index contributed by atoms with van der Waals surface area (Å²) in [5.74, 6) is 0.511. The van der Waals surface area contributed by atoms with Gasteiger partial charge in [-0.25, -0.2) is 4.98 Å². The zero-order chi connectivity index (χ0) is 20.4. The second kappa shape index (κ2) is 7.63. The van der Waals surface area contributed by atoms with Crippen molar-refractivity contribution in [2.75, 3.05) is 12.4 Å². The predicted octanol–water partition coefficient (Wildman–Crippen LogP) is 3.61. The third-order valence-corrected chi connectivity index (χ3v) is 4.61. The third-order valence-electron chi connectivity index (χ3n) is 4.61. The standard InChI is InChI=1S/C22H19N3O4/c1-14-18(20(26)24-16-9-6-10-17(11-16)28-2)19-21(29-14)23-13-25(22(19)27)12-15-7-4-3-5-8-15/h3-11,13H,12H2,1-2H3,(H,24,26). The summed E-state index contributed by atoms with van der Waals surface area (Å²) in [6.07, 6.45) is 1.43. The van der Waals surface area contributed by atoms with Crippen LogP contribution in [0.15, 0.2) is 70.1 Å². The minimum absolute atomic E-state index is 0.146. The number of hydrogen-bond donors (Lipinski definition) is 1. The van der Waals surface area contributed by atoms with Crippen molar-refractivity contribution in [2.45, 2.75) is 13.5 Å². The molecule has 4 aromatic rings. The molecule has 0 aliphatic carbocycles. The van der Waals surface area contributed by atoms with E-state index in [1.807, 2.05) is 30.3 Å². The Morgan fingerprint density at radius 3 is 2.72 bits per heavy atom. The Morgan fingerprint density at radius 1 is 1.17 bits per heavy atom. The van der Waals surface area contributed by atoms with Gasteiger partial charge in [-0.3, -0.25) is 14.2 Å².